The van der Waals surface area contributed by atoms with Crippen molar-refractivity contribution in [2.24, 2.45) is 5.92 Å². The zero-order valence-electron chi connectivity index (χ0n) is 13.8. The summed E-state index contributed by atoms with van der Waals surface area (Å²) in [6.45, 7) is 2.01. The number of rotatable bonds is 5. The number of benzene rings is 2. The molecule has 2 N–H and O–H groups in total. The molecule has 3 atom stereocenters. The molecule has 0 radical (unpaired) electrons. The lowest BCUT2D eigenvalue weighted by Gasteiger charge is -2.12. The lowest BCUT2D eigenvalue weighted by atomic mass is 10.00. The van der Waals surface area contributed by atoms with Gasteiger partial charge in [0.1, 0.15) is 0 Å². The molecule has 3 unspecified atom stereocenters. The lowest BCUT2D eigenvalue weighted by molar-refractivity contribution is -0.124. The first kappa shape index (κ1) is 15.0. The van der Waals surface area contributed by atoms with E-state index in [9.17, 15) is 4.79 Å². The molecular formula is C21H22N2O. The summed E-state index contributed by atoms with van der Waals surface area (Å²) in [7, 11) is 0. The van der Waals surface area contributed by atoms with Crippen molar-refractivity contribution in [2.75, 3.05) is 0 Å². The molecule has 1 aliphatic carbocycles. The van der Waals surface area contributed by atoms with Gasteiger partial charge in [-0.1, -0.05) is 55.5 Å². The average molecular weight is 318 g/mol. The van der Waals surface area contributed by atoms with Gasteiger partial charge in [-0.25, -0.2) is 0 Å². The Kier molecular flexibility index (Phi) is 3.85. The molecule has 1 saturated carbocycles. The van der Waals surface area contributed by atoms with Crippen molar-refractivity contribution in [2.45, 2.75) is 31.7 Å². The van der Waals surface area contributed by atoms with Gasteiger partial charge in [-0.3, -0.25) is 4.79 Å². The van der Waals surface area contributed by atoms with Gasteiger partial charge in [0.25, 0.3) is 0 Å². The molecule has 0 aliphatic heterocycles. The Labute approximate surface area is 142 Å². The Morgan fingerprint density at radius 1 is 1.17 bits per heavy atom. The number of aromatic amines is 1. The van der Waals surface area contributed by atoms with Crippen molar-refractivity contribution in [1.82, 2.24) is 10.3 Å². The van der Waals surface area contributed by atoms with Crippen LogP contribution in [0.4, 0.5) is 0 Å². The summed E-state index contributed by atoms with van der Waals surface area (Å²) in [4.78, 5) is 15.8. The van der Waals surface area contributed by atoms with Gasteiger partial charge in [-0.2, -0.15) is 0 Å². The predicted molar refractivity (Wildman–Crippen MR) is 96.9 cm³/mol. The molecule has 3 heteroatoms. The molecule has 1 amide bonds. The van der Waals surface area contributed by atoms with E-state index in [4.69, 9.17) is 0 Å². The fourth-order valence-corrected chi connectivity index (χ4v) is 3.47. The van der Waals surface area contributed by atoms with Crippen LogP contribution in [0, 0.1) is 5.92 Å². The van der Waals surface area contributed by atoms with Crippen LogP contribution in [0.5, 0.6) is 0 Å². The normalized spacial score (nSPS) is 20.7. The van der Waals surface area contributed by atoms with Gasteiger partial charge < -0.3 is 10.3 Å². The standard InChI is InChI=1S/C21H22N2O/c1-14(11-16-13-22-19-10-6-5-9-17(16)19)21(24)23-20-12-18(20)15-7-3-2-4-8-15/h2-10,13-14,18,20,22H,11-12H2,1H3,(H,23,24). The highest BCUT2D eigenvalue weighted by molar-refractivity contribution is 5.85. The fraction of sp³-hybridized carbons (Fsp3) is 0.286. The van der Waals surface area contributed by atoms with Crippen molar-refractivity contribution in [3.8, 4) is 0 Å². The number of fused-ring (bicyclic) bond motifs is 1. The van der Waals surface area contributed by atoms with Gasteiger partial charge in [0.15, 0.2) is 0 Å². The van der Waals surface area contributed by atoms with Gasteiger partial charge in [-0.05, 0) is 30.0 Å². The smallest absolute Gasteiger partial charge is 0.223 e. The van der Waals surface area contributed by atoms with Gasteiger partial charge in [0, 0.05) is 35.0 Å². The molecule has 24 heavy (non-hydrogen) atoms. The molecule has 122 valence electrons. The lowest BCUT2D eigenvalue weighted by Crippen LogP contribution is -2.32. The van der Waals surface area contributed by atoms with Crippen LogP contribution in [0.1, 0.15) is 30.4 Å². The van der Waals surface area contributed by atoms with E-state index in [0.717, 1.165) is 18.4 Å². The number of hydrogen-bond acceptors (Lipinski definition) is 1. The summed E-state index contributed by atoms with van der Waals surface area (Å²) in [6.07, 6.45) is 3.84. The third-order valence-electron chi connectivity index (χ3n) is 4.99. The minimum absolute atomic E-state index is 0.0266. The monoisotopic (exact) mass is 318 g/mol. The highest BCUT2D eigenvalue weighted by atomic mass is 16.2. The van der Waals surface area contributed by atoms with Crippen LogP contribution in [0.15, 0.2) is 60.8 Å². The van der Waals surface area contributed by atoms with E-state index >= 15 is 0 Å². The van der Waals surface area contributed by atoms with Crippen molar-refractivity contribution in [1.29, 1.82) is 0 Å². The van der Waals surface area contributed by atoms with E-state index in [0.29, 0.717) is 12.0 Å². The highest BCUT2D eigenvalue weighted by Gasteiger charge is 2.39. The molecule has 3 nitrogen and oxygen atoms in total. The number of H-pyrrole nitrogens is 1. The molecule has 2 aromatic carbocycles. The maximum atomic E-state index is 12.5. The second-order valence-electron chi connectivity index (χ2n) is 6.83. The van der Waals surface area contributed by atoms with E-state index in [1.807, 2.05) is 31.3 Å². The molecule has 0 bridgehead atoms. The molecule has 3 aromatic rings. The van der Waals surface area contributed by atoms with Crippen LogP contribution in [0.25, 0.3) is 10.9 Å². The van der Waals surface area contributed by atoms with Crippen LogP contribution in [-0.2, 0) is 11.2 Å². The number of amides is 1. The van der Waals surface area contributed by atoms with E-state index < -0.39 is 0 Å². The van der Waals surface area contributed by atoms with E-state index in [2.05, 4.69) is 46.7 Å². The Bertz CT molecular complexity index is 852. The third-order valence-corrected chi connectivity index (χ3v) is 4.99. The van der Waals surface area contributed by atoms with E-state index in [1.54, 1.807) is 0 Å². The first-order valence-corrected chi connectivity index (χ1v) is 8.62. The molecule has 1 aliphatic rings. The zero-order valence-corrected chi connectivity index (χ0v) is 13.8. The van der Waals surface area contributed by atoms with Crippen LogP contribution in [0.2, 0.25) is 0 Å². The average Bonchev–Trinajstić information content (AvgIpc) is 3.27. The third kappa shape index (κ3) is 2.94. The quantitative estimate of drug-likeness (QED) is 0.733. The van der Waals surface area contributed by atoms with E-state index in [1.165, 1.54) is 16.5 Å². The van der Waals surface area contributed by atoms with Crippen molar-refractivity contribution < 1.29 is 4.79 Å². The summed E-state index contributed by atoms with van der Waals surface area (Å²) in [5.41, 5.74) is 3.67. The summed E-state index contributed by atoms with van der Waals surface area (Å²) in [5, 5.41) is 4.43. The number of nitrogens with one attached hydrogen (secondary N) is 2. The van der Waals surface area contributed by atoms with Gasteiger partial charge >= 0.3 is 0 Å². The molecule has 0 saturated heterocycles. The Hall–Kier alpha value is -2.55. The SMILES string of the molecule is CC(Cc1c[nH]c2ccccc12)C(=O)NC1CC1c1ccccc1. The maximum Gasteiger partial charge on any atom is 0.223 e. The second kappa shape index (κ2) is 6.16. The minimum atomic E-state index is -0.0266. The van der Waals surface area contributed by atoms with Crippen LogP contribution in [0.3, 0.4) is 0 Å². The molecular weight excluding hydrogens is 296 g/mol. The van der Waals surface area contributed by atoms with E-state index in [-0.39, 0.29) is 11.8 Å². The zero-order chi connectivity index (χ0) is 16.5. The number of hydrogen-bond donors (Lipinski definition) is 2. The minimum Gasteiger partial charge on any atom is -0.361 e. The van der Waals surface area contributed by atoms with Crippen molar-refractivity contribution >= 4 is 16.8 Å². The predicted octanol–water partition coefficient (Wildman–Crippen LogP) is 4.02. The summed E-state index contributed by atoms with van der Waals surface area (Å²) in [6, 6.07) is 19.0. The Morgan fingerprint density at radius 3 is 2.75 bits per heavy atom. The van der Waals surface area contributed by atoms with Gasteiger partial charge in [0.2, 0.25) is 5.91 Å². The highest BCUT2D eigenvalue weighted by Crippen LogP contribution is 2.40. The Morgan fingerprint density at radius 2 is 1.92 bits per heavy atom. The van der Waals surface area contributed by atoms with Crippen molar-refractivity contribution in [3.05, 3.63) is 71.9 Å². The number of carbonyl (C=O) groups excluding carboxylic acids is 1. The number of carbonyl (C=O) groups is 1. The molecule has 0 spiro atoms. The first-order chi connectivity index (χ1) is 11.7. The number of aromatic nitrogens is 1. The summed E-state index contributed by atoms with van der Waals surface area (Å²) >= 11 is 0. The van der Waals surface area contributed by atoms with Crippen LogP contribution >= 0.6 is 0 Å². The first-order valence-electron chi connectivity index (χ1n) is 8.62. The topological polar surface area (TPSA) is 44.9 Å². The van der Waals surface area contributed by atoms with Gasteiger partial charge in [-0.15, -0.1) is 0 Å². The van der Waals surface area contributed by atoms with Crippen LogP contribution in [-0.4, -0.2) is 16.9 Å². The summed E-state index contributed by atoms with van der Waals surface area (Å²) in [5.74, 6) is 0.611. The molecule has 1 fully saturated rings. The maximum absolute atomic E-state index is 12.5. The molecule has 4 rings (SSSR count). The largest absolute Gasteiger partial charge is 0.361 e. The summed E-state index contributed by atoms with van der Waals surface area (Å²) < 4.78 is 0. The number of para-hydroxylation sites is 1. The Balaban J connectivity index is 1.37. The second-order valence-corrected chi connectivity index (χ2v) is 6.83. The van der Waals surface area contributed by atoms with Crippen LogP contribution < -0.4 is 5.32 Å². The van der Waals surface area contributed by atoms with Gasteiger partial charge in [0.05, 0.1) is 0 Å². The van der Waals surface area contributed by atoms with Crippen molar-refractivity contribution in [3.63, 3.8) is 0 Å². The molecule has 1 aromatic heterocycles. The molecule has 1 heterocycles. The fourth-order valence-electron chi connectivity index (χ4n) is 3.47.